The van der Waals surface area contributed by atoms with Crippen LogP contribution in [0.3, 0.4) is 0 Å². The number of aldehydes is 1. The predicted octanol–water partition coefficient (Wildman–Crippen LogP) is -2.54. The van der Waals surface area contributed by atoms with Crippen LogP contribution >= 0.6 is 0 Å². The lowest BCUT2D eigenvalue weighted by molar-refractivity contribution is -0.123. The smallest absolute Gasteiger partial charge is 0.164 e. The van der Waals surface area contributed by atoms with Crippen molar-refractivity contribution in [2.45, 2.75) is 12.3 Å². The number of carbonyl (C=O) groups excluding carboxylic acids is 1. The summed E-state index contributed by atoms with van der Waals surface area (Å²) in [5, 5.41) is 28.3. The number of hydrogen-bond donors (Lipinski definition) is 4. The average molecular weight is 193 g/mol. The molecule has 78 valence electrons. The lowest BCUT2D eigenvalue weighted by atomic mass is 10.4. The van der Waals surface area contributed by atoms with Crippen LogP contribution in [0.5, 0.6) is 0 Å². The zero-order chi connectivity index (χ0) is 10.1. The second-order valence-corrected chi connectivity index (χ2v) is 2.40. The summed E-state index contributed by atoms with van der Waals surface area (Å²) in [7, 11) is 0. The summed E-state index contributed by atoms with van der Waals surface area (Å²) >= 11 is 0. The van der Waals surface area contributed by atoms with Gasteiger partial charge in [-0.25, -0.2) is 0 Å². The molecule has 2 unspecified atom stereocenters. The molecule has 0 aromatic rings. The first-order chi connectivity index (χ1) is 6.24. The molecule has 0 aliphatic carbocycles. The molecule has 13 heavy (non-hydrogen) atoms. The highest BCUT2D eigenvalue weighted by Crippen LogP contribution is 1.87. The largest absolute Gasteiger partial charge is 0.395 e. The topological polar surface area (TPSA) is 99.0 Å². The normalized spacial score (nSPS) is 15.3. The second kappa shape index (κ2) is 8.09. The Morgan fingerprint density at radius 1 is 1.46 bits per heavy atom. The van der Waals surface area contributed by atoms with E-state index in [0.717, 1.165) is 0 Å². The van der Waals surface area contributed by atoms with E-state index in [9.17, 15) is 4.79 Å². The first-order valence-corrected chi connectivity index (χ1v) is 3.94. The van der Waals surface area contributed by atoms with Crippen LogP contribution in [0.1, 0.15) is 0 Å². The molecule has 0 saturated carbocycles. The molecule has 0 spiro atoms. The van der Waals surface area contributed by atoms with Gasteiger partial charge in [0.15, 0.2) is 12.5 Å². The molecule has 4 N–H and O–H groups in total. The first-order valence-electron chi connectivity index (χ1n) is 3.94. The minimum Gasteiger partial charge on any atom is -0.395 e. The highest BCUT2D eigenvalue weighted by molar-refractivity contribution is 5.55. The van der Waals surface area contributed by atoms with Crippen molar-refractivity contribution in [3.8, 4) is 0 Å². The summed E-state index contributed by atoms with van der Waals surface area (Å²) in [5.41, 5.74) is 0. The quantitative estimate of drug-likeness (QED) is 0.250. The van der Waals surface area contributed by atoms with E-state index < -0.39 is 18.9 Å². The second-order valence-electron chi connectivity index (χ2n) is 2.40. The van der Waals surface area contributed by atoms with Gasteiger partial charge < -0.3 is 20.1 Å². The summed E-state index contributed by atoms with van der Waals surface area (Å²) in [5.74, 6) is 0. The van der Waals surface area contributed by atoms with E-state index in [1.54, 1.807) is 0 Å². The molecule has 0 amide bonds. The van der Waals surface area contributed by atoms with E-state index in [4.69, 9.17) is 20.1 Å². The fraction of sp³-hybridized carbons (Fsp3) is 0.857. The molecule has 0 aromatic carbocycles. The number of ether oxygens (including phenoxy) is 1. The van der Waals surface area contributed by atoms with Crippen LogP contribution < -0.4 is 5.32 Å². The molecule has 0 radical (unpaired) electrons. The predicted molar refractivity (Wildman–Crippen MR) is 44.0 cm³/mol. The number of aliphatic hydroxyl groups excluding tert-OH is 3. The fourth-order valence-electron chi connectivity index (χ4n) is 0.621. The van der Waals surface area contributed by atoms with E-state index in [0.29, 0.717) is 6.29 Å². The molecule has 0 rings (SSSR count). The van der Waals surface area contributed by atoms with Crippen LogP contribution in [-0.2, 0) is 9.53 Å². The number of aliphatic hydroxyl groups is 3. The zero-order valence-electron chi connectivity index (χ0n) is 7.22. The van der Waals surface area contributed by atoms with Gasteiger partial charge in [-0.1, -0.05) is 0 Å². The van der Waals surface area contributed by atoms with Crippen molar-refractivity contribution < 1.29 is 24.9 Å². The van der Waals surface area contributed by atoms with Crippen molar-refractivity contribution in [2.24, 2.45) is 0 Å². The highest BCUT2D eigenvalue weighted by Gasteiger charge is 2.09. The number of rotatable bonds is 8. The van der Waals surface area contributed by atoms with E-state index in [1.165, 1.54) is 0 Å². The Bertz CT molecular complexity index is 132. The molecule has 2 atom stereocenters. The molecular formula is C7H15NO5. The maximum absolute atomic E-state index is 10.3. The fourth-order valence-corrected chi connectivity index (χ4v) is 0.621. The average Bonchev–Trinajstić information content (AvgIpc) is 2.17. The first kappa shape index (κ1) is 12.5. The summed E-state index contributed by atoms with van der Waals surface area (Å²) in [4.78, 5) is 10.3. The third-order valence-corrected chi connectivity index (χ3v) is 1.26. The Hall–Kier alpha value is -0.530. The number of hydrogen-bond acceptors (Lipinski definition) is 6. The summed E-state index contributed by atoms with van der Waals surface area (Å²) < 4.78 is 4.85. The van der Waals surface area contributed by atoms with Crippen LogP contribution in [0.2, 0.25) is 0 Å². The Kier molecular flexibility index (Phi) is 7.76. The summed E-state index contributed by atoms with van der Waals surface area (Å²) in [6.07, 6.45) is -1.33. The molecule has 0 aromatic heterocycles. The molecule has 0 fully saturated rings. The Morgan fingerprint density at radius 3 is 2.62 bits per heavy atom. The molecule has 6 heteroatoms. The van der Waals surface area contributed by atoms with Gasteiger partial charge in [-0.3, -0.25) is 10.1 Å². The molecule has 0 aliphatic heterocycles. The minimum absolute atomic E-state index is 0.101. The van der Waals surface area contributed by atoms with E-state index in [2.05, 4.69) is 5.32 Å². The lowest BCUT2D eigenvalue weighted by Crippen LogP contribution is -2.37. The molecule has 6 nitrogen and oxygen atoms in total. The molecule has 0 heterocycles. The maximum Gasteiger partial charge on any atom is 0.164 e. The highest BCUT2D eigenvalue weighted by atomic mass is 16.5. The van der Waals surface area contributed by atoms with Crippen LogP contribution in [-0.4, -0.2) is 60.3 Å². The van der Waals surface area contributed by atoms with Crippen molar-refractivity contribution >= 4 is 6.29 Å². The van der Waals surface area contributed by atoms with Crippen LogP contribution in [0, 0.1) is 0 Å². The maximum atomic E-state index is 10.3. The Labute approximate surface area is 76.1 Å². The molecule has 0 aliphatic rings. The summed E-state index contributed by atoms with van der Waals surface area (Å²) in [6, 6.07) is 0. The van der Waals surface area contributed by atoms with Crippen molar-refractivity contribution in [1.29, 1.82) is 0 Å². The van der Waals surface area contributed by atoms with Crippen molar-refractivity contribution in [3.63, 3.8) is 0 Å². The van der Waals surface area contributed by atoms with Gasteiger partial charge in [-0.15, -0.1) is 0 Å². The zero-order valence-corrected chi connectivity index (χ0v) is 7.22. The van der Waals surface area contributed by atoms with Gasteiger partial charge in [0.1, 0.15) is 6.10 Å². The van der Waals surface area contributed by atoms with Gasteiger partial charge in [-0.05, 0) is 0 Å². The molecular weight excluding hydrogens is 178 g/mol. The van der Waals surface area contributed by atoms with E-state index >= 15 is 0 Å². The number of nitrogens with one attached hydrogen (secondary N) is 1. The SMILES string of the molecule is O=CC(NCCO)OCC(O)CO. The van der Waals surface area contributed by atoms with E-state index in [1.807, 2.05) is 0 Å². The molecule has 0 bridgehead atoms. The number of carbonyl (C=O) groups is 1. The monoisotopic (exact) mass is 193 g/mol. The van der Waals surface area contributed by atoms with Crippen molar-refractivity contribution in [2.75, 3.05) is 26.4 Å². The van der Waals surface area contributed by atoms with Crippen LogP contribution in [0.4, 0.5) is 0 Å². The molecule has 0 saturated heterocycles. The minimum atomic E-state index is -0.988. The Morgan fingerprint density at radius 2 is 2.15 bits per heavy atom. The standard InChI is InChI=1S/C7H15NO5/c9-2-1-8-7(4-11)13-5-6(12)3-10/h4,6-10,12H,1-3,5H2. The third-order valence-electron chi connectivity index (χ3n) is 1.26. The van der Waals surface area contributed by atoms with Gasteiger partial charge >= 0.3 is 0 Å². The van der Waals surface area contributed by atoms with Crippen LogP contribution in [0.15, 0.2) is 0 Å². The van der Waals surface area contributed by atoms with Gasteiger partial charge in [0.25, 0.3) is 0 Å². The lowest BCUT2D eigenvalue weighted by Gasteiger charge is -2.14. The summed E-state index contributed by atoms with van der Waals surface area (Å²) in [6.45, 7) is -0.404. The van der Waals surface area contributed by atoms with Gasteiger partial charge in [0.05, 0.1) is 19.8 Å². The van der Waals surface area contributed by atoms with Crippen LogP contribution in [0.25, 0.3) is 0 Å². The van der Waals surface area contributed by atoms with Crippen molar-refractivity contribution in [1.82, 2.24) is 5.32 Å². The van der Waals surface area contributed by atoms with Crippen molar-refractivity contribution in [3.05, 3.63) is 0 Å². The van der Waals surface area contributed by atoms with E-state index in [-0.39, 0.29) is 19.8 Å². The van der Waals surface area contributed by atoms with Gasteiger partial charge in [0, 0.05) is 6.54 Å². The third kappa shape index (κ3) is 6.62. The van der Waals surface area contributed by atoms with Gasteiger partial charge in [0.2, 0.25) is 0 Å². The van der Waals surface area contributed by atoms with Gasteiger partial charge in [-0.2, -0.15) is 0 Å². The Balaban J connectivity index is 3.52.